The van der Waals surface area contributed by atoms with Crippen LogP contribution in [0.2, 0.25) is 25.7 Å². The predicted octanol–water partition coefficient (Wildman–Crippen LogP) is 3.64. The minimum absolute atomic E-state index is 0.143. The summed E-state index contributed by atoms with van der Waals surface area (Å²) in [5, 5.41) is 14.8. The maximum atomic E-state index is 12.1. The number of amides is 2. The third kappa shape index (κ3) is 9.09. The van der Waals surface area contributed by atoms with Crippen molar-refractivity contribution in [3.8, 4) is 6.07 Å². The van der Waals surface area contributed by atoms with Crippen molar-refractivity contribution in [2.45, 2.75) is 83.4 Å². The fourth-order valence-corrected chi connectivity index (χ4v) is 3.44. The number of hydrogen-bond acceptors (Lipinski definition) is 5. The quantitative estimate of drug-likeness (QED) is 0.706. The number of nitriles is 1. The molecule has 7 nitrogen and oxygen atoms in total. The number of alkyl carbamates (subject to hydrolysis) is 2. The van der Waals surface area contributed by atoms with Crippen LogP contribution in [0.15, 0.2) is 0 Å². The van der Waals surface area contributed by atoms with E-state index in [1.807, 2.05) is 0 Å². The molecule has 8 heteroatoms. The second kappa shape index (κ2) is 9.26. The van der Waals surface area contributed by atoms with Crippen molar-refractivity contribution >= 4 is 20.3 Å². The summed E-state index contributed by atoms with van der Waals surface area (Å²) >= 11 is 0. The van der Waals surface area contributed by atoms with E-state index in [1.54, 1.807) is 20.8 Å². The van der Waals surface area contributed by atoms with E-state index >= 15 is 0 Å². The van der Waals surface area contributed by atoms with Gasteiger partial charge in [0.25, 0.3) is 0 Å². The minimum Gasteiger partial charge on any atom is -0.450 e. The largest absolute Gasteiger partial charge is 0.450 e. The summed E-state index contributed by atoms with van der Waals surface area (Å²) in [6.07, 6.45) is 0.764. The summed E-state index contributed by atoms with van der Waals surface area (Å²) in [5.41, 5.74) is -0.605. The Bertz CT molecular complexity index is 534. The second-order valence-corrected chi connectivity index (χ2v) is 14.7. The topological polar surface area (TPSA) is 100 Å². The van der Waals surface area contributed by atoms with Gasteiger partial charge in [-0.05, 0) is 46.1 Å². The Morgan fingerprint density at radius 3 is 2.27 bits per heavy atom. The zero-order valence-corrected chi connectivity index (χ0v) is 17.8. The Hall–Kier alpha value is -1.75. The molecule has 0 aromatic rings. The van der Waals surface area contributed by atoms with E-state index in [0.717, 1.165) is 6.04 Å². The van der Waals surface area contributed by atoms with Gasteiger partial charge in [-0.3, -0.25) is 0 Å². The SMILES string of the molecule is CC(C)(C)OC(=O)N[C@@H]1C[C@@H](C#N)CC[C@@H]1NC(=O)OCC[Si](C)(C)C. The molecule has 0 bridgehead atoms. The van der Waals surface area contributed by atoms with Crippen molar-refractivity contribution in [3.05, 3.63) is 0 Å². The van der Waals surface area contributed by atoms with Crippen LogP contribution >= 0.6 is 0 Å². The van der Waals surface area contributed by atoms with E-state index < -0.39 is 25.9 Å². The van der Waals surface area contributed by atoms with Crippen molar-refractivity contribution in [1.82, 2.24) is 10.6 Å². The maximum absolute atomic E-state index is 12.1. The second-order valence-electron chi connectivity index (χ2n) is 9.09. The van der Waals surface area contributed by atoms with Gasteiger partial charge < -0.3 is 20.1 Å². The highest BCUT2D eigenvalue weighted by atomic mass is 28.3. The molecule has 0 radical (unpaired) electrons. The predicted molar refractivity (Wildman–Crippen MR) is 103 cm³/mol. The van der Waals surface area contributed by atoms with Gasteiger partial charge in [-0.2, -0.15) is 5.26 Å². The lowest BCUT2D eigenvalue weighted by Crippen LogP contribution is -2.55. The highest BCUT2D eigenvalue weighted by molar-refractivity contribution is 6.76. The highest BCUT2D eigenvalue weighted by Crippen LogP contribution is 2.25. The highest BCUT2D eigenvalue weighted by Gasteiger charge is 2.34. The number of nitrogens with one attached hydrogen (secondary N) is 2. The number of nitrogens with zero attached hydrogens (tertiary/aromatic N) is 1. The van der Waals surface area contributed by atoms with Gasteiger partial charge >= 0.3 is 12.2 Å². The summed E-state index contributed by atoms with van der Waals surface area (Å²) in [5.74, 6) is -0.143. The fraction of sp³-hybridized carbons (Fsp3) is 0.833. The first-order valence-electron chi connectivity index (χ1n) is 9.22. The standard InChI is InChI=1S/C18H33N3O4Si/c1-18(2,3)25-17(23)21-15-11-13(12-19)7-8-14(15)20-16(22)24-9-10-26(4,5)6/h13-15H,7-11H2,1-6H3,(H,20,22)(H,21,23)/t13-,14-,15+/m0/s1. The molecule has 1 aliphatic carbocycles. The molecule has 1 rings (SSSR count). The lowest BCUT2D eigenvalue weighted by atomic mass is 9.83. The van der Waals surface area contributed by atoms with Gasteiger partial charge in [-0.15, -0.1) is 0 Å². The van der Waals surface area contributed by atoms with Crippen LogP contribution in [0, 0.1) is 17.2 Å². The smallest absolute Gasteiger partial charge is 0.407 e. The fourth-order valence-electron chi connectivity index (χ4n) is 2.72. The van der Waals surface area contributed by atoms with Gasteiger partial charge in [-0.25, -0.2) is 9.59 Å². The molecule has 1 saturated carbocycles. The molecule has 1 fully saturated rings. The molecule has 26 heavy (non-hydrogen) atoms. The molecular weight excluding hydrogens is 350 g/mol. The Balaban J connectivity index is 2.60. The van der Waals surface area contributed by atoms with Crippen molar-refractivity contribution in [2.75, 3.05) is 6.61 Å². The first-order valence-corrected chi connectivity index (χ1v) is 12.9. The summed E-state index contributed by atoms with van der Waals surface area (Å²) in [4.78, 5) is 24.2. The lowest BCUT2D eigenvalue weighted by molar-refractivity contribution is 0.0469. The molecule has 0 heterocycles. The molecule has 1 aliphatic rings. The molecule has 0 aromatic heterocycles. The number of carbonyl (C=O) groups is 2. The molecule has 148 valence electrons. The number of ether oxygens (including phenoxy) is 2. The zero-order valence-electron chi connectivity index (χ0n) is 16.8. The molecule has 0 unspecified atom stereocenters. The van der Waals surface area contributed by atoms with Crippen molar-refractivity contribution < 1.29 is 19.1 Å². The Morgan fingerprint density at radius 2 is 1.73 bits per heavy atom. The van der Waals surface area contributed by atoms with Gasteiger partial charge in [-0.1, -0.05) is 19.6 Å². The van der Waals surface area contributed by atoms with Crippen LogP contribution in [-0.2, 0) is 9.47 Å². The summed E-state index contributed by atoms with van der Waals surface area (Å²) in [6, 6.07) is 2.53. The van der Waals surface area contributed by atoms with Gasteiger partial charge in [0.1, 0.15) is 5.60 Å². The van der Waals surface area contributed by atoms with E-state index in [0.29, 0.717) is 25.9 Å². The molecule has 0 saturated heterocycles. The third-order valence-electron chi connectivity index (χ3n) is 4.12. The molecule has 0 aliphatic heterocycles. The Morgan fingerprint density at radius 1 is 1.12 bits per heavy atom. The summed E-state index contributed by atoms with van der Waals surface area (Å²) < 4.78 is 10.6. The molecule has 2 amide bonds. The van der Waals surface area contributed by atoms with E-state index in [9.17, 15) is 14.9 Å². The van der Waals surface area contributed by atoms with Crippen LogP contribution in [0.4, 0.5) is 9.59 Å². The number of carbonyl (C=O) groups excluding carboxylic acids is 2. The van der Waals surface area contributed by atoms with Crippen molar-refractivity contribution in [2.24, 2.45) is 5.92 Å². The third-order valence-corrected chi connectivity index (χ3v) is 5.83. The first-order chi connectivity index (χ1) is 11.9. The van der Waals surface area contributed by atoms with E-state index in [1.165, 1.54) is 0 Å². The molecule has 3 atom stereocenters. The van der Waals surface area contributed by atoms with Gasteiger partial charge in [0.2, 0.25) is 0 Å². The zero-order chi connectivity index (χ0) is 20.0. The molecule has 0 spiro atoms. The minimum atomic E-state index is -1.26. The van der Waals surface area contributed by atoms with Crippen LogP contribution in [0.1, 0.15) is 40.0 Å². The Kier molecular flexibility index (Phi) is 7.94. The monoisotopic (exact) mass is 383 g/mol. The van der Waals surface area contributed by atoms with Crippen LogP contribution in [-0.4, -0.2) is 44.6 Å². The van der Waals surface area contributed by atoms with Gasteiger partial charge in [0.05, 0.1) is 24.8 Å². The van der Waals surface area contributed by atoms with Crippen LogP contribution in [0.3, 0.4) is 0 Å². The summed E-state index contributed by atoms with van der Waals surface area (Å²) in [7, 11) is -1.26. The summed E-state index contributed by atoms with van der Waals surface area (Å²) in [6.45, 7) is 12.4. The molecular formula is C18H33N3O4Si. The lowest BCUT2D eigenvalue weighted by Gasteiger charge is -2.35. The molecule has 0 aromatic carbocycles. The number of rotatable bonds is 5. The van der Waals surface area contributed by atoms with Crippen molar-refractivity contribution in [3.63, 3.8) is 0 Å². The Labute approximate surface area is 157 Å². The van der Waals surface area contributed by atoms with E-state index in [-0.39, 0.29) is 18.0 Å². The normalized spacial score (nSPS) is 23.5. The maximum Gasteiger partial charge on any atom is 0.407 e. The van der Waals surface area contributed by atoms with Gasteiger partial charge in [0, 0.05) is 14.0 Å². The average Bonchev–Trinajstić information content (AvgIpc) is 2.45. The van der Waals surface area contributed by atoms with Gasteiger partial charge in [0.15, 0.2) is 0 Å². The van der Waals surface area contributed by atoms with Crippen LogP contribution in [0.25, 0.3) is 0 Å². The van der Waals surface area contributed by atoms with E-state index in [4.69, 9.17) is 9.47 Å². The van der Waals surface area contributed by atoms with Crippen LogP contribution < -0.4 is 10.6 Å². The van der Waals surface area contributed by atoms with Crippen LogP contribution in [0.5, 0.6) is 0 Å². The van der Waals surface area contributed by atoms with Crippen molar-refractivity contribution in [1.29, 1.82) is 5.26 Å². The first kappa shape index (κ1) is 22.3. The number of hydrogen-bond donors (Lipinski definition) is 2. The average molecular weight is 384 g/mol. The molecule has 2 N–H and O–H groups in total. The van der Waals surface area contributed by atoms with E-state index in [2.05, 4.69) is 36.3 Å².